The van der Waals surface area contributed by atoms with E-state index in [9.17, 15) is 4.79 Å². The van der Waals surface area contributed by atoms with Gasteiger partial charge in [-0.05, 0) is 81.9 Å². The summed E-state index contributed by atoms with van der Waals surface area (Å²) in [7, 11) is 0. The fourth-order valence-corrected chi connectivity index (χ4v) is 6.78. The summed E-state index contributed by atoms with van der Waals surface area (Å²) in [5, 5.41) is 9.04. The van der Waals surface area contributed by atoms with Crippen LogP contribution in [0.2, 0.25) is 0 Å². The number of unbranched alkanes of at least 4 members (excludes halogenated alkanes) is 2. The van der Waals surface area contributed by atoms with E-state index in [1.807, 2.05) is 12.4 Å². The molecule has 2 N–H and O–H groups in total. The first-order valence-electron chi connectivity index (χ1n) is 15.3. The molecule has 1 atom stereocenters. The van der Waals surface area contributed by atoms with E-state index in [0.717, 1.165) is 75.0 Å². The van der Waals surface area contributed by atoms with Gasteiger partial charge in [-0.25, -0.2) is 0 Å². The highest BCUT2D eigenvalue weighted by molar-refractivity contribution is 6.09. The number of benzene rings is 1. The van der Waals surface area contributed by atoms with Gasteiger partial charge < -0.3 is 15.2 Å². The predicted octanol–water partition coefficient (Wildman–Crippen LogP) is 5.52. The van der Waals surface area contributed by atoms with Gasteiger partial charge in [0.05, 0.1) is 22.9 Å². The summed E-state index contributed by atoms with van der Waals surface area (Å²) in [4.78, 5) is 25.8. The Labute approximate surface area is 237 Å². The number of nitrogens with one attached hydrogen (secondary N) is 2. The van der Waals surface area contributed by atoms with E-state index in [-0.39, 0.29) is 11.9 Å². The summed E-state index contributed by atoms with van der Waals surface area (Å²) in [5.74, 6) is 0.0783. The standard InChI is InChI=1S/C33H42N6O/c1-2-3-6-21-38(30-13-7-9-24-10-8-17-36-32(24)30)22-28-33-27(16-20-35-28)26-11-4-5-12-29(26)39(33)23-31(40)37-25-14-18-34-19-15-25/h4-5,8,10-12,16-17,20,25,30,34H,2-3,6-7,9,13-15,18-19,21-23H2,1H3,(H,37,40). The third kappa shape index (κ3) is 5.63. The van der Waals surface area contributed by atoms with Crippen molar-refractivity contribution in [2.24, 2.45) is 0 Å². The number of carbonyl (C=O) groups excluding carboxylic acids is 1. The minimum Gasteiger partial charge on any atom is -0.352 e. The van der Waals surface area contributed by atoms with E-state index in [1.165, 1.54) is 41.3 Å². The molecule has 40 heavy (non-hydrogen) atoms. The Balaban J connectivity index is 1.37. The summed E-state index contributed by atoms with van der Waals surface area (Å²) in [6, 6.07) is 15.4. The van der Waals surface area contributed by atoms with Gasteiger partial charge in [0.1, 0.15) is 6.54 Å². The van der Waals surface area contributed by atoms with Crippen molar-refractivity contribution in [2.75, 3.05) is 19.6 Å². The molecule has 6 rings (SSSR count). The smallest absolute Gasteiger partial charge is 0.240 e. The number of pyridine rings is 2. The zero-order valence-corrected chi connectivity index (χ0v) is 23.7. The molecule has 1 amide bonds. The SMILES string of the molecule is CCCCCN(Cc1nccc2c3ccccc3n(CC(=O)NC3CCNCC3)c12)C1CCCc2cccnc21. The van der Waals surface area contributed by atoms with Crippen LogP contribution in [0.25, 0.3) is 21.8 Å². The number of hydrogen-bond acceptors (Lipinski definition) is 5. The van der Waals surface area contributed by atoms with Crippen molar-refractivity contribution in [1.82, 2.24) is 30.1 Å². The van der Waals surface area contributed by atoms with Crippen LogP contribution >= 0.6 is 0 Å². The quantitative estimate of drug-likeness (QED) is 0.260. The van der Waals surface area contributed by atoms with E-state index in [1.54, 1.807) is 0 Å². The second-order valence-corrected chi connectivity index (χ2v) is 11.5. The fraction of sp³-hybridized carbons (Fsp3) is 0.485. The maximum Gasteiger partial charge on any atom is 0.240 e. The van der Waals surface area contributed by atoms with Gasteiger partial charge >= 0.3 is 0 Å². The molecule has 1 aliphatic carbocycles. The zero-order valence-electron chi connectivity index (χ0n) is 23.7. The predicted molar refractivity (Wildman–Crippen MR) is 161 cm³/mol. The van der Waals surface area contributed by atoms with Gasteiger partial charge in [-0.1, -0.05) is 44.0 Å². The lowest BCUT2D eigenvalue weighted by molar-refractivity contribution is -0.122. The molecule has 1 fully saturated rings. The van der Waals surface area contributed by atoms with Gasteiger partial charge in [0.2, 0.25) is 5.91 Å². The number of aromatic nitrogens is 3. The van der Waals surface area contributed by atoms with Crippen molar-refractivity contribution in [3.05, 3.63) is 71.8 Å². The van der Waals surface area contributed by atoms with Gasteiger partial charge in [0.15, 0.2) is 0 Å². The average Bonchev–Trinajstić information content (AvgIpc) is 3.31. The van der Waals surface area contributed by atoms with Crippen molar-refractivity contribution in [3.8, 4) is 0 Å². The molecular formula is C33H42N6O. The normalized spacial score (nSPS) is 17.9. The molecule has 0 spiro atoms. The first-order valence-corrected chi connectivity index (χ1v) is 15.3. The third-order valence-electron chi connectivity index (χ3n) is 8.77. The topological polar surface area (TPSA) is 75.1 Å². The van der Waals surface area contributed by atoms with Gasteiger partial charge in [-0.3, -0.25) is 19.7 Å². The number of aryl methyl sites for hydroxylation is 1. The Morgan fingerprint density at radius 2 is 1.90 bits per heavy atom. The maximum absolute atomic E-state index is 13.4. The molecule has 4 aromatic rings. The lowest BCUT2D eigenvalue weighted by Crippen LogP contribution is -2.43. The van der Waals surface area contributed by atoms with Crippen molar-refractivity contribution in [1.29, 1.82) is 0 Å². The lowest BCUT2D eigenvalue weighted by Gasteiger charge is -2.35. The summed E-state index contributed by atoms with van der Waals surface area (Å²) in [5.41, 5.74) is 5.84. The van der Waals surface area contributed by atoms with Crippen molar-refractivity contribution >= 4 is 27.7 Å². The first-order chi connectivity index (χ1) is 19.7. The zero-order chi connectivity index (χ0) is 27.3. The maximum atomic E-state index is 13.4. The summed E-state index contributed by atoms with van der Waals surface area (Å²) in [6.45, 7) is 6.24. The van der Waals surface area contributed by atoms with Gasteiger partial charge in [-0.2, -0.15) is 0 Å². The second-order valence-electron chi connectivity index (χ2n) is 11.5. The van der Waals surface area contributed by atoms with Crippen LogP contribution in [0.4, 0.5) is 0 Å². The second kappa shape index (κ2) is 12.5. The van der Waals surface area contributed by atoms with E-state index < -0.39 is 0 Å². The molecule has 7 heteroatoms. The highest BCUT2D eigenvalue weighted by atomic mass is 16.2. The number of nitrogens with zero attached hydrogens (tertiary/aromatic N) is 4. The molecular weight excluding hydrogens is 496 g/mol. The monoisotopic (exact) mass is 538 g/mol. The Morgan fingerprint density at radius 1 is 1.02 bits per heavy atom. The summed E-state index contributed by atoms with van der Waals surface area (Å²) >= 11 is 0. The number of hydrogen-bond donors (Lipinski definition) is 2. The number of carbonyl (C=O) groups is 1. The largest absolute Gasteiger partial charge is 0.352 e. The molecule has 1 aromatic carbocycles. The van der Waals surface area contributed by atoms with Crippen LogP contribution < -0.4 is 10.6 Å². The van der Waals surface area contributed by atoms with E-state index in [2.05, 4.69) is 69.5 Å². The summed E-state index contributed by atoms with van der Waals surface area (Å²) in [6.07, 6.45) is 12.8. The molecule has 210 valence electrons. The number of fused-ring (bicyclic) bond motifs is 4. The van der Waals surface area contributed by atoms with E-state index >= 15 is 0 Å². The van der Waals surface area contributed by atoms with Crippen LogP contribution in [0.1, 0.15) is 74.9 Å². The molecule has 0 saturated carbocycles. The molecule has 1 aliphatic heterocycles. The van der Waals surface area contributed by atoms with E-state index in [4.69, 9.17) is 9.97 Å². The Kier molecular flexibility index (Phi) is 8.40. The Morgan fingerprint density at radius 3 is 2.77 bits per heavy atom. The minimum atomic E-state index is 0.0783. The van der Waals surface area contributed by atoms with Crippen LogP contribution in [0, 0.1) is 0 Å². The molecule has 7 nitrogen and oxygen atoms in total. The van der Waals surface area contributed by atoms with Crippen molar-refractivity contribution in [3.63, 3.8) is 0 Å². The molecule has 2 aliphatic rings. The number of amides is 1. The first kappa shape index (κ1) is 26.9. The minimum absolute atomic E-state index is 0.0783. The lowest BCUT2D eigenvalue weighted by atomic mass is 9.90. The van der Waals surface area contributed by atoms with E-state index in [0.29, 0.717) is 12.6 Å². The van der Waals surface area contributed by atoms with Crippen molar-refractivity contribution in [2.45, 2.75) is 83.5 Å². The van der Waals surface area contributed by atoms with Crippen LogP contribution in [-0.4, -0.2) is 51.0 Å². The average molecular weight is 539 g/mol. The summed E-state index contributed by atoms with van der Waals surface area (Å²) < 4.78 is 2.21. The van der Waals surface area contributed by atoms with Gasteiger partial charge in [0, 0.05) is 41.3 Å². The van der Waals surface area contributed by atoms with Crippen LogP contribution in [0.3, 0.4) is 0 Å². The third-order valence-corrected chi connectivity index (χ3v) is 8.77. The molecule has 1 unspecified atom stereocenters. The molecule has 0 radical (unpaired) electrons. The van der Waals surface area contributed by atoms with Crippen LogP contribution in [-0.2, 0) is 24.3 Å². The highest BCUT2D eigenvalue weighted by Gasteiger charge is 2.28. The van der Waals surface area contributed by atoms with Gasteiger partial charge in [-0.15, -0.1) is 0 Å². The highest BCUT2D eigenvalue weighted by Crippen LogP contribution is 2.36. The van der Waals surface area contributed by atoms with Crippen LogP contribution in [0.5, 0.6) is 0 Å². The number of para-hydroxylation sites is 1. The molecule has 4 heterocycles. The van der Waals surface area contributed by atoms with Crippen molar-refractivity contribution < 1.29 is 4.79 Å². The molecule has 1 saturated heterocycles. The molecule has 0 bridgehead atoms. The van der Waals surface area contributed by atoms with Gasteiger partial charge in [0.25, 0.3) is 0 Å². The number of piperidine rings is 1. The Hall–Kier alpha value is -3.29. The van der Waals surface area contributed by atoms with Crippen LogP contribution in [0.15, 0.2) is 54.9 Å². The molecule has 3 aromatic heterocycles. The Bertz CT molecular complexity index is 1460. The number of rotatable bonds is 10. The fourth-order valence-electron chi connectivity index (χ4n) is 6.78.